The largest absolute Gasteiger partial charge is 0.450 e. The third-order valence-corrected chi connectivity index (χ3v) is 2.16. The van der Waals surface area contributed by atoms with Crippen molar-refractivity contribution >= 4 is 17.8 Å². The summed E-state index contributed by atoms with van der Waals surface area (Å²) >= 11 is 0. The highest BCUT2D eigenvalue weighted by Gasteiger charge is 2.19. The van der Waals surface area contributed by atoms with Gasteiger partial charge in [-0.1, -0.05) is 13.3 Å². The molecular weight excluding hydrogens is 256 g/mol. The highest BCUT2D eigenvalue weighted by Crippen LogP contribution is 2.16. The molecule has 0 unspecified atom stereocenters. The Morgan fingerprint density at radius 1 is 1.47 bits per heavy atom. The number of furan rings is 1. The van der Waals surface area contributed by atoms with Crippen LogP contribution in [-0.4, -0.2) is 30.0 Å². The predicted octanol–water partition coefficient (Wildman–Crippen LogP) is 1.26. The molecule has 19 heavy (non-hydrogen) atoms. The average Bonchev–Trinajstić information content (AvgIpc) is 2.86. The van der Waals surface area contributed by atoms with Gasteiger partial charge in [0.25, 0.3) is 5.91 Å². The second-order valence-electron chi connectivity index (χ2n) is 3.67. The van der Waals surface area contributed by atoms with Crippen LogP contribution in [0.3, 0.4) is 0 Å². The fourth-order valence-electron chi connectivity index (χ4n) is 1.19. The van der Waals surface area contributed by atoms with Crippen molar-refractivity contribution in [3.8, 4) is 0 Å². The summed E-state index contributed by atoms with van der Waals surface area (Å²) in [4.78, 5) is 32.2. The van der Waals surface area contributed by atoms with E-state index in [-0.39, 0.29) is 5.76 Å². The molecule has 1 amide bonds. The summed E-state index contributed by atoms with van der Waals surface area (Å²) in [5, 5.41) is 12.9. The van der Waals surface area contributed by atoms with E-state index in [1.807, 2.05) is 6.92 Å². The van der Waals surface area contributed by atoms with Gasteiger partial charge in [-0.05, 0) is 12.5 Å². The number of amides is 1. The Morgan fingerprint density at radius 2 is 2.21 bits per heavy atom. The van der Waals surface area contributed by atoms with Crippen molar-refractivity contribution in [1.82, 2.24) is 5.32 Å². The van der Waals surface area contributed by atoms with E-state index in [4.69, 9.17) is 0 Å². The lowest BCUT2D eigenvalue weighted by Crippen LogP contribution is -2.29. The number of nitro groups is 1. The molecule has 1 N–H and O–H groups in total. The number of carbonyl (C=O) groups excluding carboxylic acids is 2. The van der Waals surface area contributed by atoms with Crippen LogP contribution in [-0.2, 0) is 9.53 Å². The van der Waals surface area contributed by atoms with Gasteiger partial charge in [-0.15, -0.1) is 0 Å². The van der Waals surface area contributed by atoms with Gasteiger partial charge in [0, 0.05) is 6.54 Å². The number of esters is 1. The monoisotopic (exact) mass is 270 g/mol. The van der Waals surface area contributed by atoms with Gasteiger partial charge in [0.05, 0.1) is 6.07 Å². The quantitative estimate of drug-likeness (QED) is 0.345. The number of hydrogen-bond acceptors (Lipinski definition) is 6. The van der Waals surface area contributed by atoms with Crippen molar-refractivity contribution in [2.75, 3.05) is 13.2 Å². The van der Waals surface area contributed by atoms with E-state index in [9.17, 15) is 19.7 Å². The molecule has 1 heterocycles. The Morgan fingerprint density at radius 3 is 2.79 bits per heavy atom. The van der Waals surface area contributed by atoms with Crippen molar-refractivity contribution in [1.29, 1.82) is 0 Å². The van der Waals surface area contributed by atoms with E-state index in [2.05, 4.69) is 14.5 Å². The van der Waals surface area contributed by atoms with Gasteiger partial charge in [0.15, 0.2) is 6.61 Å². The first kappa shape index (κ1) is 14.7. The first-order valence-corrected chi connectivity index (χ1v) is 5.72. The Bertz CT molecular complexity index is 468. The fourth-order valence-corrected chi connectivity index (χ4v) is 1.19. The van der Waals surface area contributed by atoms with Gasteiger partial charge in [-0.3, -0.25) is 14.9 Å². The molecule has 0 spiro atoms. The van der Waals surface area contributed by atoms with E-state index in [0.717, 1.165) is 25.0 Å². The zero-order valence-electron chi connectivity index (χ0n) is 10.4. The maximum absolute atomic E-state index is 11.4. The fraction of sp³-hybridized carbons (Fsp3) is 0.455. The van der Waals surface area contributed by atoms with Crippen LogP contribution in [0.1, 0.15) is 30.3 Å². The van der Waals surface area contributed by atoms with Crippen LogP contribution < -0.4 is 5.32 Å². The minimum Gasteiger partial charge on any atom is -0.450 e. The molecule has 1 aromatic heterocycles. The summed E-state index contributed by atoms with van der Waals surface area (Å²) in [6.45, 7) is 2.05. The zero-order chi connectivity index (χ0) is 14.3. The number of carbonyl (C=O) groups is 2. The van der Waals surface area contributed by atoms with Crippen LogP contribution in [0.4, 0.5) is 5.88 Å². The van der Waals surface area contributed by atoms with Gasteiger partial charge in [-0.25, -0.2) is 4.79 Å². The van der Waals surface area contributed by atoms with Gasteiger partial charge in [-0.2, -0.15) is 0 Å². The second-order valence-corrected chi connectivity index (χ2v) is 3.67. The van der Waals surface area contributed by atoms with Gasteiger partial charge in [0.1, 0.15) is 4.92 Å². The maximum Gasteiger partial charge on any atom is 0.433 e. The summed E-state index contributed by atoms with van der Waals surface area (Å²) in [7, 11) is 0. The third-order valence-electron chi connectivity index (χ3n) is 2.16. The van der Waals surface area contributed by atoms with Crippen molar-refractivity contribution in [3.05, 3.63) is 28.0 Å². The molecule has 0 aliphatic heterocycles. The van der Waals surface area contributed by atoms with Gasteiger partial charge < -0.3 is 14.5 Å². The molecule has 104 valence electrons. The predicted molar refractivity (Wildman–Crippen MR) is 63.6 cm³/mol. The SMILES string of the molecule is CCCCNC(=O)COC(=O)c1ccc([N+](=O)[O-])o1. The Hall–Kier alpha value is -2.38. The second kappa shape index (κ2) is 7.14. The summed E-state index contributed by atoms with van der Waals surface area (Å²) < 4.78 is 9.28. The highest BCUT2D eigenvalue weighted by molar-refractivity contribution is 5.89. The molecule has 1 rings (SSSR count). The average molecular weight is 270 g/mol. The number of rotatable bonds is 7. The van der Waals surface area contributed by atoms with Crippen LogP contribution in [0.15, 0.2) is 16.5 Å². The van der Waals surface area contributed by atoms with Crippen LogP contribution in [0, 0.1) is 10.1 Å². The molecule has 0 aliphatic carbocycles. The first-order valence-electron chi connectivity index (χ1n) is 5.72. The van der Waals surface area contributed by atoms with Crippen molar-refractivity contribution < 1.29 is 23.7 Å². The summed E-state index contributed by atoms with van der Waals surface area (Å²) in [6, 6.07) is 2.16. The number of ether oxygens (including phenoxy) is 1. The lowest BCUT2D eigenvalue weighted by molar-refractivity contribution is -0.402. The van der Waals surface area contributed by atoms with Gasteiger partial charge in [0.2, 0.25) is 5.76 Å². The van der Waals surface area contributed by atoms with E-state index < -0.39 is 29.3 Å². The molecule has 0 fully saturated rings. The topological polar surface area (TPSA) is 112 Å². The lowest BCUT2D eigenvalue weighted by atomic mass is 10.3. The molecule has 0 aromatic carbocycles. The van der Waals surface area contributed by atoms with E-state index >= 15 is 0 Å². The maximum atomic E-state index is 11.4. The minimum absolute atomic E-state index is 0.312. The molecule has 0 bridgehead atoms. The number of hydrogen-bond donors (Lipinski definition) is 1. The molecule has 8 nitrogen and oxygen atoms in total. The molecule has 0 saturated carbocycles. The minimum atomic E-state index is -0.918. The van der Waals surface area contributed by atoms with E-state index in [1.165, 1.54) is 0 Å². The summed E-state index contributed by atoms with van der Waals surface area (Å²) in [6.07, 6.45) is 1.78. The van der Waals surface area contributed by atoms with Crippen molar-refractivity contribution in [2.45, 2.75) is 19.8 Å². The third kappa shape index (κ3) is 4.78. The van der Waals surface area contributed by atoms with E-state index in [1.54, 1.807) is 0 Å². The molecule has 0 atom stereocenters. The normalized spacial score (nSPS) is 9.95. The Labute approximate surface area is 108 Å². The highest BCUT2D eigenvalue weighted by atomic mass is 16.7. The van der Waals surface area contributed by atoms with Crippen LogP contribution >= 0.6 is 0 Å². The standard InChI is InChI=1S/C11H14N2O6/c1-2-3-6-12-9(14)7-18-11(15)8-4-5-10(19-8)13(16)17/h4-5H,2-3,6-7H2,1H3,(H,12,14). The molecule has 8 heteroatoms. The first-order chi connectivity index (χ1) is 9.04. The van der Waals surface area contributed by atoms with Crippen molar-refractivity contribution in [3.63, 3.8) is 0 Å². The Kier molecular flexibility index (Phi) is 5.52. The molecule has 0 aliphatic rings. The number of unbranched alkanes of at least 4 members (excludes halogenated alkanes) is 1. The van der Waals surface area contributed by atoms with Crippen LogP contribution in [0.25, 0.3) is 0 Å². The van der Waals surface area contributed by atoms with Crippen LogP contribution in [0.2, 0.25) is 0 Å². The van der Waals surface area contributed by atoms with Crippen LogP contribution in [0.5, 0.6) is 0 Å². The number of nitrogens with one attached hydrogen (secondary N) is 1. The number of nitrogens with zero attached hydrogens (tertiary/aromatic N) is 1. The van der Waals surface area contributed by atoms with Crippen molar-refractivity contribution in [2.24, 2.45) is 0 Å². The zero-order valence-corrected chi connectivity index (χ0v) is 10.4. The molecule has 0 radical (unpaired) electrons. The molecule has 1 aromatic rings. The lowest BCUT2D eigenvalue weighted by Gasteiger charge is -2.04. The van der Waals surface area contributed by atoms with Gasteiger partial charge >= 0.3 is 11.9 Å². The Balaban J connectivity index is 2.38. The molecular formula is C11H14N2O6. The summed E-state index contributed by atoms with van der Waals surface area (Å²) in [5.74, 6) is -2.21. The van der Waals surface area contributed by atoms with E-state index in [0.29, 0.717) is 6.54 Å². The summed E-state index contributed by atoms with van der Waals surface area (Å²) in [5.41, 5.74) is 0. The molecule has 0 saturated heterocycles. The smallest absolute Gasteiger partial charge is 0.433 e.